The van der Waals surface area contributed by atoms with Gasteiger partial charge in [0.1, 0.15) is 5.51 Å². The molecule has 0 saturated carbocycles. The number of benzene rings is 1. The number of likely N-dealkylation sites (tertiary alicyclic amines) is 1. The quantitative estimate of drug-likeness (QED) is 0.929. The maximum Gasteiger partial charge on any atom is 0.231 e. The van der Waals surface area contributed by atoms with Crippen molar-refractivity contribution in [2.45, 2.75) is 13.0 Å². The summed E-state index contributed by atoms with van der Waals surface area (Å²) in [6.45, 7) is 0.987. The number of nitrogens with one attached hydrogen (secondary N) is 1. The summed E-state index contributed by atoms with van der Waals surface area (Å²) < 4.78 is 0. The minimum atomic E-state index is -0.329. The zero-order valence-electron chi connectivity index (χ0n) is 11.2. The molecular formula is C14H14N4O2S. The second-order valence-electron chi connectivity index (χ2n) is 4.89. The second-order valence-corrected chi connectivity index (χ2v) is 5.73. The monoisotopic (exact) mass is 302 g/mol. The lowest BCUT2D eigenvalue weighted by Gasteiger charge is -2.16. The van der Waals surface area contributed by atoms with Crippen molar-refractivity contribution >= 4 is 28.3 Å². The van der Waals surface area contributed by atoms with Crippen LogP contribution < -0.4 is 5.32 Å². The minimum absolute atomic E-state index is 0.0104. The molecule has 2 amide bonds. The lowest BCUT2D eigenvalue weighted by molar-refractivity contribution is -0.128. The normalized spacial score (nSPS) is 18.0. The molecule has 2 heterocycles. The van der Waals surface area contributed by atoms with Crippen molar-refractivity contribution in [1.82, 2.24) is 15.1 Å². The first-order valence-electron chi connectivity index (χ1n) is 6.61. The van der Waals surface area contributed by atoms with Crippen LogP contribution in [0.2, 0.25) is 0 Å². The molecule has 1 N–H and O–H groups in total. The highest BCUT2D eigenvalue weighted by Gasteiger charge is 2.34. The summed E-state index contributed by atoms with van der Waals surface area (Å²) >= 11 is 1.26. The summed E-state index contributed by atoms with van der Waals surface area (Å²) in [7, 11) is 0. The van der Waals surface area contributed by atoms with E-state index >= 15 is 0 Å². The van der Waals surface area contributed by atoms with Gasteiger partial charge in [-0.15, -0.1) is 10.2 Å². The lowest BCUT2D eigenvalue weighted by atomic mass is 10.1. The van der Waals surface area contributed by atoms with Gasteiger partial charge in [0.25, 0.3) is 0 Å². The highest BCUT2D eigenvalue weighted by molar-refractivity contribution is 7.13. The highest BCUT2D eigenvalue weighted by atomic mass is 32.1. The van der Waals surface area contributed by atoms with E-state index in [-0.39, 0.29) is 24.2 Å². The van der Waals surface area contributed by atoms with Gasteiger partial charge in [0.05, 0.1) is 5.92 Å². The van der Waals surface area contributed by atoms with Crippen molar-refractivity contribution < 1.29 is 9.59 Å². The first-order valence-corrected chi connectivity index (χ1v) is 7.49. The third kappa shape index (κ3) is 3.25. The third-order valence-corrected chi connectivity index (χ3v) is 4.00. The molecule has 1 aromatic carbocycles. The molecule has 1 atom stereocenters. The van der Waals surface area contributed by atoms with Crippen LogP contribution in [-0.2, 0) is 16.1 Å². The Hall–Kier alpha value is -2.28. The fourth-order valence-corrected chi connectivity index (χ4v) is 2.79. The molecule has 1 aromatic heterocycles. The van der Waals surface area contributed by atoms with Crippen LogP contribution in [0.15, 0.2) is 35.8 Å². The molecule has 1 aliphatic heterocycles. The number of nitrogens with zero attached hydrogens (tertiary/aromatic N) is 3. The van der Waals surface area contributed by atoms with Gasteiger partial charge >= 0.3 is 0 Å². The number of carbonyl (C=O) groups excluding carboxylic acids is 2. The van der Waals surface area contributed by atoms with E-state index in [9.17, 15) is 9.59 Å². The molecule has 2 aromatic rings. The topological polar surface area (TPSA) is 75.2 Å². The second kappa shape index (κ2) is 6.01. The molecule has 0 spiro atoms. The van der Waals surface area contributed by atoms with Crippen LogP contribution in [0.25, 0.3) is 0 Å². The van der Waals surface area contributed by atoms with Gasteiger partial charge in [0.15, 0.2) is 0 Å². The van der Waals surface area contributed by atoms with Crippen LogP contribution in [0.5, 0.6) is 0 Å². The van der Waals surface area contributed by atoms with Crippen LogP contribution in [0.4, 0.5) is 5.13 Å². The van der Waals surface area contributed by atoms with Crippen molar-refractivity contribution in [3.63, 3.8) is 0 Å². The smallest absolute Gasteiger partial charge is 0.231 e. The Kier molecular flexibility index (Phi) is 3.92. The van der Waals surface area contributed by atoms with Crippen molar-refractivity contribution in [1.29, 1.82) is 0 Å². The van der Waals surface area contributed by atoms with Crippen molar-refractivity contribution in [2.75, 3.05) is 11.9 Å². The Labute approximate surface area is 125 Å². The molecule has 1 fully saturated rings. The van der Waals surface area contributed by atoms with Crippen LogP contribution in [0.3, 0.4) is 0 Å². The number of aromatic nitrogens is 2. The molecule has 1 saturated heterocycles. The molecule has 0 bridgehead atoms. The van der Waals surface area contributed by atoms with E-state index in [1.165, 1.54) is 11.3 Å². The van der Waals surface area contributed by atoms with Gasteiger partial charge in [-0.05, 0) is 5.56 Å². The van der Waals surface area contributed by atoms with Crippen LogP contribution in [0, 0.1) is 5.92 Å². The number of hydrogen-bond donors (Lipinski definition) is 1. The lowest BCUT2D eigenvalue weighted by Crippen LogP contribution is -2.28. The third-order valence-electron chi connectivity index (χ3n) is 3.39. The van der Waals surface area contributed by atoms with Gasteiger partial charge in [-0.25, -0.2) is 0 Å². The van der Waals surface area contributed by atoms with Crippen molar-refractivity contribution in [3.8, 4) is 0 Å². The Bertz CT molecular complexity index is 630. The van der Waals surface area contributed by atoms with Gasteiger partial charge < -0.3 is 10.2 Å². The van der Waals surface area contributed by atoms with E-state index in [0.717, 1.165) is 5.56 Å². The maximum absolute atomic E-state index is 12.1. The van der Waals surface area contributed by atoms with E-state index in [1.54, 1.807) is 10.4 Å². The molecule has 7 heteroatoms. The minimum Gasteiger partial charge on any atom is -0.338 e. The summed E-state index contributed by atoms with van der Waals surface area (Å²) in [5.41, 5.74) is 2.62. The van der Waals surface area contributed by atoms with Gasteiger partial charge in [-0.1, -0.05) is 41.7 Å². The van der Waals surface area contributed by atoms with E-state index in [0.29, 0.717) is 18.2 Å². The van der Waals surface area contributed by atoms with E-state index in [4.69, 9.17) is 0 Å². The molecule has 21 heavy (non-hydrogen) atoms. The Morgan fingerprint density at radius 3 is 2.90 bits per heavy atom. The fraction of sp³-hybridized carbons (Fsp3) is 0.286. The van der Waals surface area contributed by atoms with Crippen molar-refractivity contribution in [3.05, 3.63) is 41.4 Å². The molecule has 1 aliphatic rings. The number of hydrogen-bond acceptors (Lipinski definition) is 5. The summed E-state index contributed by atoms with van der Waals surface area (Å²) in [5, 5.41) is 10.6. The Morgan fingerprint density at radius 1 is 1.38 bits per heavy atom. The van der Waals surface area contributed by atoms with Gasteiger partial charge in [-0.3, -0.25) is 9.59 Å². The SMILES string of the molecule is O=C(Nc1nncs1)C1CC(=O)N(Cc2ccccc2)C1. The molecule has 6 nitrogen and oxygen atoms in total. The Morgan fingerprint density at radius 2 is 2.19 bits per heavy atom. The van der Waals surface area contributed by atoms with Crippen LogP contribution >= 0.6 is 11.3 Å². The van der Waals surface area contributed by atoms with Gasteiger partial charge in [0, 0.05) is 19.5 Å². The standard InChI is InChI=1S/C14H14N4O2S/c19-12-6-11(13(20)16-14-17-15-9-21-14)8-18(12)7-10-4-2-1-3-5-10/h1-5,9,11H,6-8H2,(H,16,17,20). The number of carbonyl (C=O) groups is 2. The van der Waals surface area contributed by atoms with Crippen molar-refractivity contribution in [2.24, 2.45) is 5.92 Å². The highest BCUT2D eigenvalue weighted by Crippen LogP contribution is 2.22. The predicted molar refractivity (Wildman–Crippen MR) is 78.5 cm³/mol. The van der Waals surface area contributed by atoms with Crippen LogP contribution in [-0.4, -0.2) is 33.5 Å². The predicted octanol–water partition coefficient (Wildman–Crippen LogP) is 1.53. The number of anilines is 1. The first kappa shape index (κ1) is 13.7. The van der Waals surface area contributed by atoms with Crippen LogP contribution in [0.1, 0.15) is 12.0 Å². The Balaban J connectivity index is 1.60. The molecular weight excluding hydrogens is 288 g/mol. The molecule has 0 aliphatic carbocycles. The summed E-state index contributed by atoms with van der Waals surface area (Å²) in [6, 6.07) is 9.77. The number of rotatable bonds is 4. The van der Waals surface area contributed by atoms with E-state index in [1.807, 2.05) is 30.3 Å². The zero-order chi connectivity index (χ0) is 14.7. The molecule has 1 unspecified atom stereocenters. The van der Waals surface area contributed by atoms with E-state index in [2.05, 4.69) is 15.5 Å². The molecule has 3 rings (SSSR count). The fourth-order valence-electron chi connectivity index (χ4n) is 2.34. The summed E-state index contributed by atoms with van der Waals surface area (Å²) in [5.74, 6) is -0.489. The number of amides is 2. The average Bonchev–Trinajstić information content (AvgIpc) is 3.11. The maximum atomic E-state index is 12.1. The molecule has 108 valence electrons. The zero-order valence-corrected chi connectivity index (χ0v) is 12.0. The van der Waals surface area contributed by atoms with Gasteiger partial charge in [-0.2, -0.15) is 0 Å². The van der Waals surface area contributed by atoms with Gasteiger partial charge in [0.2, 0.25) is 16.9 Å². The molecule has 0 radical (unpaired) electrons. The largest absolute Gasteiger partial charge is 0.338 e. The summed E-state index contributed by atoms with van der Waals surface area (Å²) in [4.78, 5) is 25.8. The van der Waals surface area contributed by atoms with E-state index < -0.39 is 0 Å². The first-order chi connectivity index (χ1) is 10.2. The summed E-state index contributed by atoms with van der Waals surface area (Å²) in [6.07, 6.45) is 0.247. The average molecular weight is 302 g/mol.